The number of rotatable bonds is 9. The molecule has 1 saturated heterocycles. The van der Waals surface area contributed by atoms with Crippen LogP contribution in [0.3, 0.4) is 0 Å². The zero-order chi connectivity index (χ0) is 24.4. The molecule has 0 aliphatic carbocycles. The predicted octanol–water partition coefficient (Wildman–Crippen LogP) is 4.02. The van der Waals surface area contributed by atoms with E-state index < -0.39 is 0 Å². The van der Waals surface area contributed by atoms with Crippen LogP contribution in [0.15, 0.2) is 29.1 Å². The maximum atomic E-state index is 13.7. The Hall–Kier alpha value is -3.33. The first-order chi connectivity index (χ1) is 16.4. The maximum absolute atomic E-state index is 13.7. The number of benzene rings is 2. The first-order valence-electron chi connectivity index (χ1n) is 11.8. The monoisotopic (exact) mass is 468 g/mol. The van der Waals surface area contributed by atoms with Gasteiger partial charge in [-0.25, -0.2) is 0 Å². The quantitative estimate of drug-likeness (QED) is 0.266. The molecule has 1 aliphatic heterocycles. The van der Waals surface area contributed by atoms with Gasteiger partial charge < -0.3 is 23.8 Å². The molecule has 2 heterocycles. The van der Waals surface area contributed by atoms with E-state index in [0.29, 0.717) is 45.5 Å². The van der Waals surface area contributed by atoms with Gasteiger partial charge in [-0.2, -0.15) is 0 Å². The molecule has 1 aliphatic rings. The Bertz CT molecular complexity index is 1280. The SMILES string of the molecule is CCN(CC)CCn1c2cc(N3CCCC3)c([N+](=O)[O-])cc2c(=O)c2c(OC)cc(OC)cc21. The fourth-order valence-electron chi connectivity index (χ4n) is 4.91. The molecule has 9 heteroatoms. The molecule has 0 atom stereocenters. The number of anilines is 1. The molecule has 0 N–H and O–H groups in total. The summed E-state index contributed by atoms with van der Waals surface area (Å²) in [5.74, 6) is 0.977. The van der Waals surface area contributed by atoms with E-state index in [1.54, 1.807) is 13.2 Å². The van der Waals surface area contributed by atoms with Gasteiger partial charge in [-0.3, -0.25) is 14.9 Å². The fourth-order valence-corrected chi connectivity index (χ4v) is 4.91. The summed E-state index contributed by atoms with van der Waals surface area (Å²) >= 11 is 0. The smallest absolute Gasteiger partial charge is 0.293 e. The van der Waals surface area contributed by atoms with Crippen LogP contribution in [0.5, 0.6) is 11.5 Å². The fraction of sp³-hybridized carbons (Fsp3) is 0.480. The minimum atomic E-state index is -0.387. The first-order valence-corrected chi connectivity index (χ1v) is 11.8. The zero-order valence-corrected chi connectivity index (χ0v) is 20.3. The molecular formula is C25H32N4O5. The highest BCUT2D eigenvalue weighted by molar-refractivity contribution is 6.00. The van der Waals surface area contributed by atoms with Gasteiger partial charge in [0.25, 0.3) is 5.69 Å². The summed E-state index contributed by atoms with van der Waals surface area (Å²) in [4.78, 5) is 29.7. The van der Waals surface area contributed by atoms with Crippen molar-refractivity contribution in [2.45, 2.75) is 33.2 Å². The lowest BCUT2D eigenvalue weighted by molar-refractivity contribution is -0.384. The van der Waals surface area contributed by atoms with Gasteiger partial charge >= 0.3 is 0 Å². The number of aromatic nitrogens is 1. The lowest BCUT2D eigenvalue weighted by Crippen LogP contribution is -2.28. The first kappa shape index (κ1) is 23.8. The van der Waals surface area contributed by atoms with Crippen molar-refractivity contribution in [2.24, 2.45) is 0 Å². The van der Waals surface area contributed by atoms with Gasteiger partial charge in [0, 0.05) is 44.4 Å². The van der Waals surface area contributed by atoms with Crippen LogP contribution in [0.4, 0.5) is 11.4 Å². The van der Waals surface area contributed by atoms with Crippen LogP contribution in [-0.2, 0) is 6.54 Å². The van der Waals surface area contributed by atoms with Gasteiger partial charge in [0.2, 0.25) is 5.43 Å². The third-order valence-electron chi connectivity index (χ3n) is 6.83. The van der Waals surface area contributed by atoms with Crippen molar-refractivity contribution in [1.29, 1.82) is 0 Å². The number of fused-ring (bicyclic) bond motifs is 2. The standard InChI is InChI=1S/C25H32N4O5/c1-5-26(6-2)11-12-28-19-16-20(27-9-7-8-10-27)21(29(31)32)15-18(19)25(30)24-22(28)13-17(33-3)14-23(24)34-4/h13-16H,5-12H2,1-4H3. The average molecular weight is 469 g/mol. The van der Waals surface area contributed by atoms with Gasteiger partial charge in [-0.1, -0.05) is 13.8 Å². The molecular weight excluding hydrogens is 436 g/mol. The molecule has 0 bridgehead atoms. The summed E-state index contributed by atoms with van der Waals surface area (Å²) in [5.41, 5.74) is 1.64. The summed E-state index contributed by atoms with van der Waals surface area (Å²) in [6.45, 7) is 8.97. The number of methoxy groups -OCH3 is 2. The number of ether oxygens (including phenoxy) is 2. The number of nitro groups is 1. The topological polar surface area (TPSA) is 90.1 Å². The third kappa shape index (κ3) is 4.16. The number of hydrogen-bond donors (Lipinski definition) is 0. The highest BCUT2D eigenvalue weighted by atomic mass is 16.6. The van der Waals surface area contributed by atoms with E-state index in [9.17, 15) is 14.9 Å². The van der Waals surface area contributed by atoms with Crippen molar-refractivity contribution in [3.05, 3.63) is 44.6 Å². The molecule has 9 nitrogen and oxygen atoms in total. The minimum absolute atomic E-state index is 0.0337. The number of nitro benzene ring substituents is 1. The number of pyridine rings is 1. The van der Waals surface area contributed by atoms with E-state index in [1.165, 1.54) is 13.2 Å². The summed E-state index contributed by atoms with van der Waals surface area (Å²) < 4.78 is 13.1. The molecule has 0 saturated carbocycles. The van der Waals surface area contributed by atoms with Gasteiger partial charge in [0.05, 0.1) is 40.9 Å². The molecule has 182 valence electrons. The number of nitrogens with zero attached hydrogens (tertiary/aromatic N) is 4. The minimum Gasteiger partial charge on any atom is -0.497 e. The van der Waals surface area contributed by atoms with Crippen LogP contribution in [0, 0.1) is 10.1 Å². The van der Waals surface area contributed by atoms with Crippen LogP contribution in [0.25, 0.3) is 21.8 Å². The van der Waals surface area contributed by atoms with Crippen LogP contribution >= 0.6 is 0 Å². The van der Waals surface area contributed by atoms with E-state index in [4.69, 9.17) is 9.47 Å². The Balaban J connectivity index is 2.09. The Morgan fingerprint density at radius 1 is 1.03 bits per heavy atom. The molecule has 0 amide bonds. The summed E-state index contributed by atoms with van der Waals surface area (Å²) in [6.07, 6.45) is 1.99. The van der Waals surface area contributed by atoms with Crippen molar-refractivity contribution in [3.8, 4) is 11.5 Å². The molecule has 1 fully saturated rings. The Kier molecular flexibility index (Phi) is 6.92. The second kappa shape index (κ2) is 9.89. The van der Waals surface area contributed by atoms with Gasteiger partial charge in [0.15, 0.2) is 0 Å². The molecule has 0 spiro atoms. The highest BCUT2D eigenvalue weighted by Crippen LogP contribution is 2.37. The van der Waals surface area contributed by atoms with Crippen LogP contribution < -0.4 is 19.8 Å². The predicted molar refractivity (Wildman–Crippen MR) is 135 cm³/mol. The summed E-state index contributed by atoms with van der Waals surface area (Å²) in [6, 6.07) is 6.80. The Morgan fingerprint density at radius 2 is 1.74 bits per heavy atom. The Labute approximate surface area is 198 Å². The van der Waals surface area contributed by atoms with Gasteiger partial charge in [0.1, 0.15) is 17.2 Å². The van der Waals surface area contributed by atoms with E-state index in [0.717, 1.165) is 45.6 Å². The van der Waals surface area contributed by atoms with Crippen LogP contribution in [-0.4, -0.2) is 61.3 Å². The van der Waals surface area contributed by atoms with Crippen molar-refractivity contribution < 1.29 is 14.4 Å². The van der Waals surface area contributed by atoms with E-state index in [-0.39, 0.29) is 16.0 Å². The third-order valence-corrected chi connectivity index (χ3v) is 6.83. The van der Waals surface area contributed by atoms with Gasteiger partial charge in [-0.05, 0) is 32.0 Å². The number of hydrogen-bond acceptors (Lipinski definition) is 7. The van der Waals surface area contributed by atoms with E-state index in [1.807, 2.05) is 17.0 Å². The van der Waals surface area contributed by atoms with Crippen molar-refractivity contribution in [2.75, 3.05) is 51.8 Å². The average Bonchev–Trinajstić information content (AvgIpc) is 3.39. The lowest BCUT2D eigenvalue weighted by atomic mass is 10.1. The lowest BCUT2D eigenvalue weighted by Gasteiger charge is -2.24. The molecule has 4 rings (SSSR count). The van der Waals surface area contributed by atoms with Gasteiger partial charge in [-0.15, -0.1) is 0 Å². The molecule has 3 aromatic rings. The second-order valence-electron chi connectivity index (χ2n) is 8.54. The number of likely N-dealkylation sites (N-methyl/N-ethyl adjacent to an activating group) is 1. The summed E-state index contributed by atoms with van der Waals surface area (Å²) in [5, 5.41) is 12.7. The molecule has 34 heavy (non-hydrogen) atoms. The van der Waals surface area contributed by atoms with Crippen molar-refractivity contribution in [3.63, 3.8) is 0 Å². The largest absolute Gasteiger partial charge is 0.497 e. The zero-order valence-electron chi connectivity index (χ0n) is 20.3. The normalized spacial score (nSPS) is 13.9. The molecule has 0 radical (unpaired) electrons. The van der Waals surface area contributed by atoms with Crippen LogP contribution in [0.2, 0.25) is 0 Å². The Morgan fingerprint density at radius 3 is 2.32 bits per heavy atom. The van der Waals surface area contributed by atoms with E-state index >= 15 is 0 Å². The molecule has 1 aromatic heterocycles. The second-order valence-corrected chi connectivity index (χ2v) is 8.54. The molecule has 0 unspecified atom stereocenters. The highest BCUT2D eigenvalue weighted by Gasteiger charge is 2.26. The van der Waals surface area contributed by atoms with Crippen LogP contribution in [0.1, 0.15) is 26.7 Å². The van der Waals surface area contributed by atoms with Crippen molar-refractivity contribution in [1.82, 2.24) is 9.47 Å². The maximum Gasteiger partial charge on any atom is 0.293 e. The van der Waals surface area contributed by atoms with Crippen molar-refractivity contribution >= 4 is 33.2 Å². The molecule has 2 aromatic carbocycles. The van der Waals surface area contributed by atoms with E-state index in [2.05, 4.69) is 23.3 Å². The summed E-state index contributed by atoms with van der Waals surface area (Å²) in [7, 11) is 3.09.